The molecule has 306 valence electrons. The van der Waals surface area contributed by atoms with E-state index < -0.39 is 12.0 Å². The van der Waals surface area contributed by atoms with Crippen LogP contribution in [0.4, 0.5) is 0 Å². The van der Waals surface area contributed by atoms with Gasteiger partial charge < -0.3 is 29.5 Å². The van der Waals surface area contributed by atoms with E-state index in [0.717, 1.165) is 83.6 Å². The van der Waals surface area contributed by atoms with Crippen LogP contribution in [0.5, 0.6) is 17.2 Å². The number of pyridine rings is 1. The molecule has 11 heteroatoms. The summed E-state index contributed by atoms with van der Waals surface area (Å²) in [5.41, 5.74) is 7.96. The fraction of sp³-hybridized carbons (Fsp3) is 0.468. The van der Waals surface area contributed by atoms with Crippen LogP contribution in [0.2, 0.25) is 5.02 Å². The molecule has 2 N–H and O–H groups in total. The lowest BCUT2D eigenvalue weighted by Crippen LogP contribution is -2.48. The quantitative estimate of drug-likeness (QED) is 0.113. The number of rotatable bonds is 15. The van der Waals surface area contributed by atoms with Crippen molar-refractivity contribution < 1.29 is 24.1 Å². The number of hydrogen-bond donors (Lipinski definition) is 2. The molecule has 7 rings (SSSR count). The van der Waals surface area contributed by atoms with Gasteiger partial charge in [0.25, 0.3) is 0 Å². The molecule has 3 aliphatic rings. The zero-order valence-corrected chi connectivity index (χ0v) is 34.7. The number of halogens is 1. The number of carboxylic acid groups (broad SMARTS) is 1. The standard InChI is InChI=1S/C47H56ClN5O5/c1-33-37(9-5-10-39(33)40-11-6-13-43(34(40)2)56-22-8-20-52-19-7-14-47(32-52)15-17-50-18-16-47)31-58-45-25-44(57-30-36-23-35(26-49)27-51-28-36)38(24-41(45)48)29-53-21-4-3-12-42(53)46(54)55/h5-6,9-11,13,23-25,27-28,42,50H,3-4,7-8,12,14-22,29-32H2,1-2H3,(H,54,55)/t42-/m0/s1. The maximum absolute atomic E-state index is 12.1. The van der Waals surface area contributed by atoms with E-state index in [2.05, 4.69) is 71.5 Å². The highest BCUT2D eigenvalue weighted by Gasteiger charge is 2.36. The van der Waals surface area contributed by atoms with Crippen molar-refractivity contribution in [3.63, 3.8) is 0 Å². The van der Waals surface area contributed by atoms with Crippen molar-refractivity contribution in [2.24, 2.45) is 5.41 Å². The maximum Gasteiger partial charge on any atom is 0.320 e. The number of carbonyl (C=O) groups is 1. The molecule has 3 aromatic carbocycles. The van der Waals surface area contributed by atoms with Crippen LogP contribution in [-0.4, -0.2) is 77.8 Å². The molecule has 3 saturated heterocycles. The van der Waals surface area contributed by atoms with Gasteiger partial charge in [-0.1, -0.05) is 48.4 Å². The number of nitriles is 1. The lowest BCUT2D eigenvalue weighted by Gasteiger charge is -2.45. The Hall–Kier alpha value is -4.66. The third kappa shape index (κ3) is 10.1. The molecule has 1 aromatic heterocycles. The molecule has 0 saturated carbocycles. The van der Waals surface area contributed by atoms with Gasteiger partial charge in [0.05, 0.1) is 17.2 Å². The summed E-state index contributed by atoms with van der Waals surface area (Å²) in [6.45, 7) is 12.2. The number of ether oxygens (including phenoxy) is 3. The van der Waals surface area contributed by atoms with E-state index in [1.165, 1.54) is 45.0 Å². The Morgan fingerprint density at radius 3 is 2.52 bits per heavy atom. The first-order valence-corrected chi connectivity index (χ1v) is 21.2. The molecule has 3 fully saturated rings. The minimum Gasteiger partial charge on any atom is -0.493 e. The number of carboxylic acids is 1. The average molecular weight is 806 g/mol. The molecular formula is C47H56ClN5O5. The Labute approximate surface area is 348 Å². The number of likely N-dealkylation sites (tertiary alicyclic amines) is 2. The molecular weight excluding hydrogens is 750 g/mol. The Kier molecular flexibility index (Phi) is 13.9. The Morgan fingerprint density at radius 1 is 0.914 bits per heavy atom. The van der Waals surface area contributed by atoms with Crippen LogP contribution in [-0.2, 0) is 24.6 Å². The predicted molar refractivity (Wildman–Crippen MR) is 226 cm³/mol. The predicted octanol–water partition coefficient (Wildman–Crippen LogP) is 8.72. The van der Waals surface area contributed by atoms with Gasteiger partial charge in [0, 0.05) is 49.2 Å². The van der Waals surface area contributed by atoms with E-state index in [-0.39, 0.29) is 13.2 Å². The molecule has 0 radical (unpaired) electrons. The summed E-state index contributed by atoms with van der Waals surface area (Å²) in [6.07, 6.45) is 11.8. The molecule has 0 bridgehead atoms. The van der Waals surface area contributed by atoms with Crippen LogP contribution < -0.4 is 19.5 Å². The first-order valence-electron chi connectivity index (χ1n) is 20.9. The Bertz CT molecular complexity index is 2090. The lowest BCUT2D eigenvalue weighted by molar-refractivity contribution is -0.144. The number of aromatic nitrogens is 1. The second kappa shape index (κ2) is 19.4. The Morgan fingerprint density at radius 2 is 1.71 bits per heavy atom. The van der Waals surface area contributed by atoms with Gasteiger partial charge in [-0.05, 0) is 136 Å². The summed E-state index contributed by atoms with van der Waals surface area (Å²) in [5, 5.41) is 23.3. The zero-order chi connectivity index (χ0) is 40.5. The monoisotopic (exact) mass is 805 g/mol. The van der Waals surface area contributed by atoms with Crippen LogP contribution in [0.25, 0.3) is 11.1 Å². The largest absolute Gasteiger partial charge is 0.493 e. The van der Waals surface area contributed by atoms with E-state index in [0.29, 0.717) is 53.6 Å². The topological polar surface area (TPSA) is 120 Å². The third-order valence-electron chi connectivity index (χ3n) is 12.4. The molecule has 1 spiro atoms. The minimum atomic E-state index is -0.826. The summed E-state index contributed by atoms with van der Waals surface area (Å²) in [6, 6.07) is 19.5. The van der Waals surface area contributed by atoms with Crippen molar-refractivity contribution in [1.82, 2.24) is 20.1 Å². The van der Waals surface area contributed by atoms with Crippen molar-refractivity contribution in [1.29, 1.82) is 5.26 Å². The summed E-state index contributed by atoms with van der Waals surface area (Å²) < 4.78 is 19.2. The summed E-state index contributed by atoms with van der Waals surface area (Å²) in [4.78, 5) is 20.9. The van der Waals surface area contributed by atoms with Crippen molar-refractivity contribution >= 4 is 17.6 Å². The van der Waals surface area contributed by atoms with Gasteiger partial charge in [0.15, 0.2) is 0 Å². The summed E-state index contributed by atoms with van der Waals surface area (Å²) in [7, 11) is 0. The molecule has 10 nitrogen and oxygen atoms in total. The van der Waals surface area contributed by atoms with Crippen molar-refractivity contribution in [3.05, 3.63) is 105 Å². The highest BCUT2D eigenvalue weighted by Crippen LogP contribution is 2.39. The maximum atomic E-state index is 12.1. The number of nitrogens with one attached hydrogen (secondary N) is 1. The van der Waals surface area contributed by atoms with Gasteiger partial charge in [0.1, 0.15) is 42.6 Å². The number of benzene rings is 3. The van der Waals surface area contributed by atoms with Crippen molar-refractivity contribution in [3.8, 4) is 34.4 Å². The summed E-state index contributed by atoms with van der Waals surface area (Å²) in [5.74, 6) is 1.09. The molecule has 0 amide bonds. The molecule has 58 heavy (non-hydrogen) atoms. The first-order chi connectivity index (χ1) is 28.2. The lowest BCUT2D eigenvalue weighted by atomic mass is 9.73. The van der Waals surface area contributed by atoms with Crippen LogP contribution in [0.3, 0.4) is 0 Å². The zero-order valence-electron chi connectivity index (χ0n) is 33.9. The molecule has 0 aliphatic carbocycles. The van der Waals surface area contributed by atoms with Crippen LogP contribution >= 0.6 is 11.6 Å². The average Bonchev–Trinajstić information content (AvgIpc) is 3.23. The Balaban J connectivity index is 1.03. The first kappa shape index (κ1) is 41.5. The van der Waals surface area contributed by atoms with Gasteiger partial charge in [0.2, 0.25) is 0 Å². The smallest absolute Gasteiger partial charge is 0.320 e. The molecule has 1 atom stereocenters. The van der Waals surface area contributed by atoms with E-state index >= 15 is 0 Å². The van der Waals surface area contributed by atoms with Gasteiger partial charge in [-0.15, -0.1) is 0 Å². The van der Waals surface area contributed by atoms with Crippen LogP contribution in [0.15, 0.2) is 67.0 Å². The van der Waals surface area contributed by atoms with E-state index in [9.17, 15) is 15.2 Å². The van der Waals surface area contributed by atoms with E-state index in [1.54, 1.807) is 18.3 Å². The second-order valence-corrected chi connectivity index (χ2v) is 16.7. The number of hydrogen-bond acceptors (Lipinski definition) is 9. The molecule has 3 aliphatic heterocycles. The van der Waals surface area contributed by atoms with E-state index in [1.807, 2.05) is 11.0 Å². The van der Waals surface area contributed by atoms with Gasteiger partial charge >= 0.3 is 5.97 Å². The van der Waals surface area contributed by atoms with Crippen molar-refractivity contribution in [2.45, 2.75) is 91.0 Å². The van der Waals surface area contributed by atoms with E-state index in [4.69, 9.17) is 25.8 Å². The van der Waals surface area contributed by atoms with Gasteiger partial charge in [-0.25, -0.2) is 0 Å². The number of nitrogens with zero attached hydrogens (tertiary/aromatic N) is 4. The normalized spacial score (nSPS) is 18.4. The van der Waals surface area contributed by atoms with Gasteiger partial charge in [-0.3, -0.25) is 14.7 Å². The second-order valence-electron chi connectivity index (χ2n) is 16.3. The fourth-order valence-electron chi connectivity index (χ4n) is 9.10. The molecule has 0 unspecified atom stereocenters. The van der Waals surface area contributed by atoms with Crippen molar-refractivity contribution in [2.75, 3.05) is 45.9 Å². The third-order valence-corrected chi connectivity index (χ3v) is 12.7. The van der Waals surface area contributed by atoms with Gasteiger partial charge in [-0.2, -0.15) is 5.26 Å². The molecule has 4 heterocycles. The molecule has 4 aromatic rings. The van der Waals surface area contributed by atoms with Crippen LogP contribution in [0.1, 0.15) is 84.7 Å². The SMILES string of the molecule is Cc1c(COc2cc(OCc3cncc(C#N)c3)c(CN3CCCC[C@H]3C(=O)O)cc2Cl)cccc1-c1cccc(OCCCN2CCCC3(CCNCC3)C2)c1C. The highest BCUT2D eigenvalue weighted by molar-refractivity contribution is 6.32. The van der Waals surface area contributed by atoms with Crippen LogP contribution in [0, 0.1) is 30.6 Å². The number of aliphatic carboxylic acids is 1. The number of piperidine rings is 3. The fourth-order valence-corrected chi connectivity index (χ4v) is 9.34. The minimum absolute atomic E-state index is 0.166. The summed E-state index contributed by atoms with van der Waals surface area (Å²) >= 11 is 6.90. The highest BCUT2D eigenvalue weighted by atomic mass is 35.5.